The molecular formula is C12H16N4O. The maximum Gasteiger partial charge on any atom is 0.295 e. The molecule has 2 aromatic rings. The van der Waals surface area contributed by atoms with Crippen molar-refractivity contribution in [2.24, 2.45) is 0 Å². The quantitative estimate of drug-likeness (QED) is 0.785. The fourth-order valence-corrected chi connectivity index (χ4v) is 2.61. The summed E-state index contributed by atoms with van der Waals surface area (Å²) in [5.41, 5.74) is 7.30. The lowest BCUT2D eigenvalue weighted by Gasteiger charge is -2.19. The number of nitrogens with zero attached hydrogens (tertiary/aromatic N) is 2. The van der Waals surface area contributed by atoms with Crippen molar-refractivity contribution in [3.8, 4) is 0 Å². The molecule has 90 valence electrons. The molecular weight excluding hydrogens is 216 g/mol. The lowest BCUT2D eigenvalue weighted by atomic mass is 9.87. The monoisotopic (exact) mass is 232 g/mol. The number of aromatic amines is 1. The van der Waals surface area contributed by atoms with E-state index in [0.717, 1.165) is 5.69 Å². The van der Waals surface area contributed by atoms with Gasteiger partial charge in [0, 0.05) is 17.7 Å². The molecule has 17 heavy (non-hydrogen) atoms. The fourth-order valence-electron chi connectivity index (χ4n) is 2.61. The van der Waals surface area contributed by atoms with Crippen LogP contribution in [0, 0.1) is 0 Å². The van der Waals surface area contributed by atoms with Gasteiger partial charge in [0.05, 0.1) is 6.20 Å². The Kier molecular flexibility index (Phi) is 2.39. The Morgan fingerprint density at radius 3 is 2.88 bits per heavy atom. The van der Waals surface area contributed by atoms with E-state index in [4.69, 9.17) is 5.73 Å². The van der Waals surface area contributed by atoms with Crippen LogP contribution < -0.4 is 11.3 Å². The average Bonchev–Trinajstić information content (AvgIpc) is 2.80. The second kappa shape index (κ2) is 3.91. The molecule has 0 radical (unpaired) electrons. The molecule has 5 heteroatoms. The first kappa shape index (κ1) is 10.4. The molecule has 5 nitrogen and oxygen atoms in total. The third kappa shape index (κ3) is 1.71. The lowest BCUT2D eigenvalue weighted by molar-refractivity contribution is 0.435. The van der Waals surface area contributed by atoms with Crippen molar-refractivity contribution in [1.82, 2.24) is 14.6 Å². The van der Waals surface area contributed by atoms with E-state index < -0.39 is 0 Å². The molecule has 3 N–H and O–H groups in total. The summed E-state index contributed by atoms with van der Waals surface area (Å²) in [6, 6.07) is 1.97. The van der Waals surface area contributed by atoms with Crippen molar-refractivity contribution in [1.29, 1.82) is 0 Å². The Morgan fingerprint density at radius 1 is 1.35 bits per heavy atom. The van der Waals surface area contributed by atoms with Crippen molar-refractivity contribution in [3.63, 3.8) is 0 Å². The summed E-state index contributed by atoms with van der Waals surface area (Å²) in [6.45, 7) is 0. The molecule has 0 aromatic carbocycles. The van der Waals surface area contributed by atoms with Crippen LogP contribution in [0.4, 0.5) is 5.69 Å². The zero-order valence-electron chi connectivity index (χ0n) is 9.65. The number of hydrogen-bond donors (Lipinski definition) is 2. The van der Waals surface area contributed by atoms with Gasteiger partial charge < -0.3 is 5.73 Å². The SMILES string of the molecule is Nc1cnc2cc(C3CCCCC3)[nH]n2c1=O. The Bertz CT molecular complexity index is 592. The Balaban J connectivity index is 2.07. The lowest BCUT2D eigenvalue weighted by Crippen LogP contribution is -2.18. The summed E-state index contributed by atoms with van der Waals surface area (Å²) in [4.78, 5) is 16.0. The van der Waals surface area contributed by atoms with Gasteiger partial charge in [-0.15, -0.1) is 0 Å². The maximum absolute atomic E-state index is 11.8. The Morgan fingerprint density at radius 2 is 2.12 bits per heavy atom. The molecule has 1 aliphatic rings. The molecule has 0 amide bonds. The maximum atomic E-state index is 11.8. The topological polar surface area (TPSA) is 76.2 Å². The first-order chi connectivity index (χ1) is 8.25. The minimum absolute atomic E-state index is 0.180. The molecule has 2 aromatic heterocycles. The van der Waals surface area contributed by atoms with Crippen LogP contribution >= 0.6 is 0 Å². The first-order valence-corrected chi connectivity index (χ1v) is 6.12. The molecule has 2 heterocycles. The van der Waals surface area contributed by atoms with E-state index in [0.29, 0.717) is 11.6 Å². The molecule has 0 spiro atoms. The summed E-state index contributed by atoms with van der Waals surface area (Å²) in [5.74, 6) is 0.533. The summed E-state index contributed by atoms with van der Waals surface area (Å²) in [7, 11) is 0. The van der Waals surface area contributed by atoms with Crippen molar-refractivity contribution in [2.75, 3.05) is 5.73 Å². The number of aromatic nitrogens is 3. The number of hydrogen-bond acceptors (Lipinski definition) is 3. The highest BCUT2D eigenvalue weighted by Gasteiger charge is 2.18. The zero-order chi connectivity index (χ0) is 11.8. The van der Waals surface area contributed by atoms with Crippen LogP contribution in [0.15, 0.2) is 17.1 Å². The molecule has 1 saturated carbocycles. The van der Waals surface area contributed by atoms with E-state index in [9.17, 15) is 4.79 Å². The smallest absolute Gasteiger partial charge is 0.295 e. The van der Waals surface area contributed by atoms with Gasteiger partial charge >= 0.3 is 0 Å². The van der Waals surface area contributed by atoms with Crippen molar-refractivity contribution in [2.45, 2.75) is 38.0 Å². The van der Waals surface area contributed by atoms with E-state index in [1.54, 1.807) is 0 Å². The van der Waals surface area contributed by atoms with Crippen LogP contribution in [-0.2, 0) is 0 Å². The standard InChI is InChI=1S/C12H16N4O/c13-9-7-14-11-6-10(15-16(11)12(9)17)8-4-2-1-3-5-8/h6-8,15H,1-5,13H2. The number of H-pyrrole nitrogens is 1. The largest absolute Gasteiger partial charge is 0.393 e. The number of anilines is 1. The summed E-state index contributed by atoms with van der Waals surface area (Å²) in [6.07, 6.45) is 7.67. The second-order valence-corrected chi connectivity index (χ2v) is 4.76. The van der Waals surface area contributed by atoms with Crippen LogP contribution in [-0.4, -0.2) is 14.6 Å². The highest BCUT2D eigenvalue weighted by molar-refractivity contribution is 5.45. The highest BCUT2D eigenvalue weighted by Crippen LogP contribution is 2.31. The van der Waals surface area contributed by atoms with Gasteiger partial charge in [0.2, 0.25) is 0 Å². The Hall–Kier alpha value is -1.78. The van der Waals surface area contributed by atoms with Gasteiger partial charge in [-0.3, -0.25) is 9.89 Å². The average molecular weight is 232 g/mol. The predicted octanol–water partition coefficient (Wildman–Crippen LogP) is 1.65. The molecule has 0 atom stereocenters. The molecule has 1 fully saturated rings. The van der Waals surface area contributed by atoms with Crippen molar-refractivity contribution >= 4 is 11.3 Å². The number of nitrogens with two attached hydrogens (primary N) is 1. The van der Waals surface area contributed by atoms with Gasteiger partial charge in [-0.25, -0.2) is 4.98 Å². The van der Waals surface area contributed by atoms with Crippen LogP contribution in [0.5, 0.6) is 0 Å². The molecule has 0 bridgehead atoms. The van der Waals surface area contributed by atoms with Gasteiger partial charge in [0.15, 0.2) is 5.65 Å². The summed E-state index contributed by atoms with van der Waals surface area (Å²) in [5, 5.41) is 3.14. The third-order valence-corrected chi connectivity index (χ3v) is 3.59. The van der Waals surface area contributed by atoms with E-state index in [-0.39, 0.29) is 11.2 Å². The molecule has 1 aliphatic carbocycles. The number of nitrogens with one attached hydrogen (secondary N) is 1. The van der Waals surface area contributed by atoms with Crippen molar-refractivity contribution < 1.29 is 0 Å². The highest BCUT2D eigenvalue weighted by atomic mass is 16.1. The van der Waals surface area contributed by atoms with Crippen LogP contribution in [0.25, 0.3) is 5.65 Å². The first-order valence-electron chi connectivity index (χ1n) is 6.12. The van der Waals surface area contributed by atoms with Gasteiger partial charge in [0.1, 0.15) is 5.69 Å². The zero-order valence-corrected chi connectivity index (χ0v) is 9.65. The van der Waals surface area contributed by atoms with Crippen LogP contribution in [0.1, 0.15) is 43.7 Å². The van der Waals surface area contributed by atoms with E-state index in [2.05, 4.69) is 10.1 Å². The minimum atomic E-state index is -0.211. The van der Waals surface area contributed by atoms with E-state index >= 15 is 0 Å². The molecule has 0 unspecified atom stereocenters. The summed E-state index contributed by atoms with van der Waals surface area (Å²) >= 11 is 0. The van der Waals surface area contributed by atoms with Gasteiger partial charge in [-0.2, -0.15) is 4.52 Å². The van der Waals surface area contributed by atoms with Crippen LogP contribution in [0.2, 0.25) is 0 Å². The fraction of sp³-hybridized carbons (Fsp3) is 0.500. The second-order valence-electron chi connectivity index (χ2n) is 4.76. The molecule has 0 aliphatic heterocycles. The Labute approximate surface area is 98.6 Å². The van der Waals surface area contributed by atoms with E-state index in [1.165, 1.54) is 42.8 Å². The number of fused-ring (bicyclic) bond motifs is 1. The molecule has 0 saturated heterocycles. The summed E-state index contributed by atoms with van der Waals surface area (Å²) < 4.78 is 1.44. The third-order valence-electron chi connectivity index (χ3n) is 3.59. The predicted molar refractivity (Wildman–Crippen MR) is 66.1 cm³/mol. The number of nitrogen functional groups attached to an aromatic ring is 1. The van der Waals surface area contributed by atoms with E-state index in [1.807, 2.05) is 6.07 Å². The van der Waals surface area contributed by atoms with Crippen LogP contribution in [0.3, 0.4) is 0 Å². The van der Waals surface area contributed by atoms with Gasteiger partial charge in [-0.05, 0) is 12.8 Å². The van der Waals surface area contributed by atoms with Gasteiger partial charge in [-0.1, -0.05) is 19.3 Å². The van der Waals surface area contributed by atoms with Crippen molar-refractivity contribution in [3.05, 3.63) is 28.3 Å². The van der Waals surface area contributed by atoms with Gasteiger partial charge in [0.25, 0.3) is 5.56 Å². The molecule has 3 rings (SSSR count). The number of rotatable bonds is 1. The minimum Gasteiger partial charge on any atom is -0.393 e. The normalized spacial score (nSPS) is 17.6.